The van der Waals surface area contributed by atoms with Crippen LogP contribution in [0.25, 0.3) is 11.0 Å². The molecule has 5 nitrogen and oxygen atoms in total. The average molecular weight is 245 g/mol. The molecule has 90 valence electrons. The van der Waals surface area contributed by atoms with Crippen LogP contribution in [0.2, 0.25) is 0 Å². The molecule has 0 saturated carbocycles. The number of carbonyl (C=O) groups is 1. The highest BCUT2D eigenvalue weighted by Crippen LogP contribution is 2.21. The fourth-order valence-corrected chi connectivity index (χ4v) is 1.45. The van der Waals surface area contributed by atoms with E-state index in [1.807, 2.05) is 0 Å². The highest BCUT2D eigenvalue weighted by Gasteiger charge is 2.29. The number of alkyl halides is 3. The monoisotopic (exact) mass is 245 g/mol. The molecule has 0 atom stereocenters. The molecule has 0 fully saturated rings. The van der Waals surface area contributed by atoms with Crippen molar-refractivity contribution >= 4 is 17.0 Å². The van der Waals surface area contributed by atoms with Crippen molar-refractivity contribution in [2.24, 2.45) is 0 Å². The minimum Gasteiger partial charge on any atom is -0.478 e. The van der Waals surface area contributed by atoms with E-state index in [1.165, 1.54) is 18.2 Å². The molecular formula is C9H6F3N3O2. The number of aromatic carboxylic acids is 1. The lowest BCUT2D eigenvalue weighted by Crippen LogP contribution is -2.18. The smallest absolute Gasteiger partial charge is 0.408 e. The number of nitrogens with zero attached hydrogens (tertiary/aromatic N) is 3. The molecule has 0 amide bonds. The quantitative estimate of drug-likeness (QED) is 0.874. The Morgan fingerprint density at radius 1 is 1.41 bits per heavy atom. The number of hydrogen-bond donors (Lipinski definition) is 1. The zero-order valence-corrected chi connectivity index (χ0v) is 8.27. The lowest BCUT2D eigenvalue weighted by Gasteiger charge is -2.06. The molecule has 0 aliphatic rings. The molecule has 0 aliphatic carbocycles. The second kappa shape index (κ2) is 3.72. The summed E-state index contributed by atoms with van der Waals surface area (Å²) >= 11 is 0. The van der Waals surface area contributed by atoms with E-state index in [0.717, 1.165) is 0 Å². The number of carboxylic acid groups (broad SMARTS) is 1. The van der Waals surface area contributed by atoms with Gasteiger partial charge in [0.2, 0.25) is 0 Å². The van der Waals surface area contributed by atoms with E-state index in [9.17, 15) is 18.0 Å². The second-order valence-electron chi connectivity index (χ2n) is 3.34. The Balaban J connectivity index is 2.55. The summed E-state index contributed by atoms with van der Waals surface area (Å²) in [5, 5.41) is 15.6. The van der Waals surface area contributed by atoms with Gasteiger partial charge in [0.05, 0.1) is 11.1 Å². The normalized spacial score (nSPS) is 11.9. The zero-order chi connectivity index (χ0) is 12.6. The summed E-state index contributed by atoms with van der Waals surface area (Å²) in [6.07, 6.45) is -4.43. The van der Waals surface area contributed by atoms with E-state index in [2.05, 4.69) is 10.3 Å². The summed E-state index contributed by atoms with van der Waals surface area (Å²) in [7, 11) is 0. The first kappa shape index (κ1) is 11.4. The van der Waals surface area contributed by atoms with Crippen molar-refractivity contribution in [3.05, 3.63) is 23.8 Å². The maximum absolute atomic E-state index is 12.2. The first-order chi connectivity index (χ1) is 7.88. The van der Waals surface area contributed by atoms with Crippen LogP contribution in [0.5, 0.6) is 0 Å². The number of halogens is 3. The van der Waals surface area contributed by atoms with Gasteiger partial charge in [-0.15, -0.1) is 5.10 Å². The van der Waals surface area contributed by atoms with E-state index in [1.54, 1.807) is 0 Å². The minimum atomic E-state index is -4.43. The molecule has 0 aliphatic heterocycles. The van der Waals surface area contributed by atoms with Gasteiger partial charge in [0.15, 0.2) is 0 Å². The molecule has 1 N–H and O–H groups in total. The largest absolute Gasteiger partial charge is 0.478 e. The van der Waals surface area contributed by atoms with Gasteiger partial charge in [0.1, 0.15) is 12.1 Å². The predicted octanol–water partition coefficient (Wildman–Crippen LogP) is 1.69. The van der Waals surface area contributed by atoms with Crippen LogP contribution in [0.3, 0.4) is 0 Å². The standard InChI is InChI=1S/C9H6F3N3O2/c10-9(11,12)4-15-6-3-1-2-5(8(16)17)7(6)13-14-15/h1-3H,4H2,(H,16,17). The Bertz CT molecular complexity index is 576. The lowest BCUT2D eigenvalue weighted by atomic mass is 10.2. The van der Waals surface area contributed by atoms with Crippen molar-refractivity contribution in [3.63, 3.8) is 0 Å². The highest BCUT2D eigenvalue weighted by atomic mass is 19.4. The number of benzene rings is 1. The molecular weight excluding hydrogens is 239 g/mol. The molecule has 2 aromatic rings. The van der Waals surface area contributed by atoms with E-state index < -0.39 is 18.7 Å². The van der Waals surface area contributed by atoms with Gasteiger partial charge in [0, 0.05) is 0 Å². The Hall–Kier alpha value is -2.12. The van der Waals surface area contributed by atoms with Crippen LogP contribution in [0.15, 0.2) is 18.2 Å². The SMILES string of the molecule is O=C(O)c1cccc2c1nnn2CC(F)(F)F. The summed E-state index contributed by atoms with van der Waals surface area (Å²) in [5.74, 6) is -1.25. The molecule has 2 rings (SSSR count). The lowest BCUT2D eigenvalue weighted by molar-refractivity contribution is -0.142. The van der Waals surface area contributed by atoms with Crippen molar-refractivity contribution in [2.45, 2.75) is 12.7 Å². The number of carboxylic acids is 1. The topological polar surface area (TPSA) is 68.0 Å². The van der Waals surface area contributed by atoms with E-state index in [0.29, 0.717) is 4.68 Å². The zero-order valence-electron chi connectivity index (χ0n) is 8.27. The average Bonchev–Trinajstić information content (AvgIpc) is 2.59. The van der Waals surface area contributed by atoms with Crippen LogP contribution in [0.1, 0.15) is 10.4 Å². The molecule has 0 unspecified atom stereocenters. The summed E-state index contributed by atoms with van der Waals surface area (Å²) in [6, 6.07) is 3.95. The molecule has 0 spiro atoms. The summed E-state index contributed by atoms with van der Waals surface area (Å²) < 4.78 is 37.2. The molecule has 1 aromatic carbocycles. The molecule has 1 aromatic heterocycles. The first-order valence-corrected chi connectivity index (χ1v) is 4.51. The Labute approximate surface area is 92.5 Å². The third-order valence-corrected chi connectivity index (χ3v) is 2.10. The van der Waals surface area contributed by atoms with Crippen LogP contribution in [0.4, 0.5) is 13.2 Å². The summed E-state index contributed by atoms with van der Waals surface area (Å²) in [5.41, 5.74) is -0.178. The molecule has 8 heteroatoms. The van der Waals surface area contributed by atoms with Crippen LogP contribution in [0, 0.1) is 0 Å². The Morgan fingerprint density at radius 3 is 2.71 bits per heavy atom. The number of rotatable bonds is 2. The van der Waals surface area contributed by atoms with Crippen molar-refractivity contribution in [1.82, 2.24) is 15.0 Å². The van der Waals surface area contributed by atoms with E-state index in [4.69, 9.17) is 5.11 Å². The maximum atomic E-state index is 12.2. The van der Waals surface area contributed by atoms with Crippen LogP contribution in [-0.2, 0) is 6.54 Å². The van der Waals surface area contributed by atoms with Crippen molar-refractivity contribution in [2.75, 3.05) is 0 Å². The Kier molecular flexibility index (Phi) is 2.49. The maximum Gasteiger partial charge on any atom is 0.408 e. The fraction of sp³-hybridized carbons (Fsp3) is 0.222. The highest BCUT2D eigenvalue weighted by molar-refractivity contribution is 6.00. The number of fused-ring (bicyclic) bond motifs is 1. The second-order valence-corrected chi connectivity index (χ2v) is 3.34. The van der Waals surface area contributed by atoms with Crippen LogP contribution >= 0.6 is 0 Å². The van der Waals surface area contributed by atoms with Gasteiger partial charge in [-0.25, -0.2) is 9.48 Å². The van der Waals surface area contributed by atoms with Gasteiger partial charge in [0.25, 0.3) is 0 Å². The van der Waals surface area contributed by atoms with Gasteiger partial charge in [-0.2, -0.15) is 13.2 Å². The molecule has 0 radical (unpaired) electrons. The minimum absolute atomic E-state index is 0.0437. The Morgan fingerprint density at radius 2 is 2.12 bits per heavy atom. The van der Waals surface area contributed by atoms with Crippen LogP contribution in [-0.4, -0.2) is 32.2 Å². The summed E-state index contributed by atoms with van der Waals surface area (Å²) in [4.78, 5) is 10.8. The third-order valence-electron chi connectivity index (χ3n) is 2.10. The van der Waals surface area contributed by atoms with Crippen molar-refractivity contribution in [1.29, 1.82) is 0 Å². The molecule has 17 heavy (non-hydrogen) atoms. The van der Waals surface area contributed by atoms with Gasteiger partial charge in [-0.3, -0.25) is 0 Å². The van der Waals surface area contributed by atoms with Gasteiger partial charge in [-0.05, 0) is 12.1 Å². The first-order valence-electron chi connectivity index (χ1n) is 4.51. The fourth-order valence-electron chi connectivity index (χ4n) is 1.45. The number of aromatic nitrogens is 3. The number of hydrogen-bond acceptors (Lipinski definition) is 3. The van der Waals surface area contributed by atoms with E-state index in [-0.39, 0.29) is 16.6 Å². The summed E-state index contributed by atoms with van der Waals surface area (Å²) in [6.45, 7) is -1.30. The van der Waals surface area contributed by atoms with Gasteiger partial charge in [-0.1, -0.05) is 11.3 Å². The van der Waals surface area contributed by atoms with Gasteiger partial charge < -0.3 is 5.11 Å². The molecule has 0 bridgehead atoms. The molecule has 1 heterocycles. The molecule has 0 saturated heterocycles. The predicted molar refractivity (Wildman–Crippen MR) is 50.5 cm³/mol. The van der Waals surface area contributed by atoms with E-state index >= 15 is 0 Å². The van der Waals surface area contributed by atoms with Gasteiger partial charge >= 0.3 is 12.1 Å². The van der Waals surface area contributed by atoms with Crippen molar-refractivity contribution in [3.8, 4) is 0 Å². The third kappa shape index (κ3) is 2.19. The van der Waals surface area contributed by atoms with Crippen LogP contribution < -0.4 is 0 Å². The van der Waals surface area contributed by atoms with Crippen molar-refractivity contribution < 1.29 is 23.1 Å².